The van der Waals surface area contributed by atoms with E-state index < -0.39 is 0 Å². The van der Waals surface area contributed by atoms with Crippen molar-refractivity contribution in [2.24, 2.45) is 0 Å². The summed E-state index contributed by atoms with van der Waals surface area (Å²) in [5, 5.41) is 9.94. The van der Waals surface area contributed by atoms with Crippen LogP contribution >= 0.6 is 0 Å². The molecule has 4 nitrogen and oxygen atoms in total. The molecule has 1 aromatic carbocycles. The molecular formula is C12H12N2O2. The van der Waals surface area contributed by atoms with Gasteiger partial charge in [0, 0.05) is 13.1 Å². The lowest BCUT2D eigenvalue weighted by molar-refractivity contribution is -0.162. The normalized spacial score (nSPS) is 10.1. The van der Waals surface area contributed by atoms with Gasteiger partial charge >= 0.3 is 0 Å². The zero-order valence-electron chi connectivity index (χ0n) is 9.18. The van der Waals surface area contributed by atoms with Gasteiger partial charge in [-0.2, -0.15) is 5.26 Å². The van der Waals surface area contributed by atoms with Crippen LogP contribution in [0.25, 0.3) is 6.08 Å². The predicted octanol–water partition coefficient (Wildman–Crippen LogP) is 1.59. The van der Waals surface area contributed by atoms with Crippen LogP contribution in [0, 0.1) is 11.3 Å². The van der Waals surface area contributed by atoms with Crippen LogP contribution in [-0.4, -0.2) is 25.1 Å². The van der Waals surface area contributed by atoms with Gasteiger partial charge in [-0.3, -0.25) is 9.63 Å². The molecule has 0 spiro atoms. The zero-order chi connectivity index (χ0) is 12.0. The van der Waals surface area contributed by atoms with E-state index in [9.17, 15) is 4.79 Å². The van der Waals surface area contributed by atoms with Crippen molar-refractivity contribution >= 4 is 12.0 Å². The topological polar surface area (TPSA) is 53.3 Å². The van der Waals surface area contributed by atoms with Gasteiger partial charge in [-0.05, 0) is 17.7 Å². The molecule has 0 aliphatic carbocycles. The standard InChI is InChI=1S/C12H12N2O2/c1-14(16-2)12(15)8-7-10-5-3-4-6-11(10)9-13/h3-8H,1-2H3/b8-7+. The van der Waals surface area contributed by atoms with Crippen molar-refractivity contribution in [3.63, 3.8) is 0 Å². The maximum Gasteiger partial charge on any atom is 0.269 e. The van der Waals surface area contributed by atoms with Crippen LogP contribution in [-0.2, 0) is 9.63 Å². The minimum Gasteiger partial charge on any atom is -0.274 e. The second-order valence-electron chi connectivity index (χ2n) is 3.05. The molecular weight excluding hydrogens is 204 g/mol. The first-order chi connectivity index (χ1) is 7.69. The molecule has 0 N–H and O–H groups in total. The highest BCUT2D eigenvalue weighted by Crippen LogP contribution is 2.09. The van der Waals surface area contributed by atoms with Gasteiger partial charge < -0.3 is 0 Å². The van der Waals surface area contributed by atoms with Crippen molar-refractivity contribution in [1.82, 2.24) is 5.06 Å². The number of carbonyl (C=O) groups excluding carboxylic acids is 1. The van der Waals surface area contributed by atoms with Crippen LogP contribution in [0.2, 0.25) is 0 Å². The van der Waals surface area contributed by atoms with Gasteiger partial charge in [0.25, 0.3) is 5.91 Å². The summed E-state index contributed by atoms with van der Waals surface area (Å²) in [6, 6.07) is 9.11. The summed E-state index contributed by atoms with van der Waals surface area (Å²) in [6.07, 6.45) is 2.95. The third-order valence-electron chi connectivity index (χ3n) is 2.07. The number of amides is 1. The van der Waals surface area contributed by atoms with Crippen molar-refractivity contribution in [3.8, 4) is 6.07 Å². The zero-order valence-corrected chi connectivity index (χ0v) is 9.18. The summed E-state index contributed by atoms with van der Waals surface area (Å²) in [4.78, 5) is 16.1. The van der Waals surface area contributed by atoms with Crippen LogP contribution < -0.4 is 0 Å². The third-order valence-corrected chi connectivity index (χ3v) is 2.07. The van der Waals surface area contributed by atoms with Crippen LogP contribution in [0.15, 0.2) is 30.3 Å². The first-order valence-corrected chi connectivity index (χ1v) is 4.68. The number of benzene rings is 1. The van der Waals surface area contributed by atoms with Gasteiger partial charge in [-0.15, -0.1) is 0 Å². The van der Waals surface area contributed by atoms with Gasteiger partial charge in [-0.25, -0.2) is 5.06 Å². The molecule has 0 unspecified atom stereocenters. The van der Waals surface area contributed by atoms with Crippen molar-refractivity contribution in [3.05, 3.63) is 41.5 Å². The Balaban J connectivity index is 2.85. The van der Waals surface area contributed by atoms with E-state index in [2.05, 4.69) is 6.07 Å². The van der Waals surface area contributed by atoms with Gasteiger partial charge in [0.05, 0.1) is 18.7 Å². The molecule has 0 aliphatic heterocycles. The Labute approximate surface area is 94.3 Å². The summed E-state index contributed by atoms with van der Waals surface area (Å²) in [7, 11) is 2.93. The van der Waals surface area contributed by atoms with Crippen molar-refractivity contribution in [2.45, 2.75) is 0 Å². The van der Waals surface area contributed by atoms with Crippen molar-refractivity contribution in [1.29, 1.82) is 5.26 Å². The largest absolute Gasteiger partial charge is 0.274 e. The molecule has 4 heteroatoms. The van der Waals surface area contributed by atoms with E-state index in [0.717, 1.165) is 5.06 Å². The summed E-state index contributed by atoms with van der Waals surface area (Å²) >= 11 is 0. The highest BCUT2D eigenvalue weighted by molar-refractivity contribution is 5.91. The Morgan fingerprint density at radius 2 is 2.19 bits per heavy atom. The highest BCUT2D eigenvalue weighted by atomic mass is 16.7. The van der Waals surface area contributed by atoms with E-state index in [4.69, 9.17) is 10.1 Å². The van der Waals surface area contributed by atoms with E-state index in [0.29, 0.717) is 11.1 Å². The SMILES string of the molecule is CON(C)C(=O)/C=C/c1ccccc1C#N. The predicted molar refractivity (Wildman–Crippen MR) is 60.0 cm³/mol. The van der Waals surface area contributed by atoms with Crippen LogP contribution in [0.1, 0.15) is 11.1 Å². The monoisotopic (exact) mass is 216 g/mol. The van der Waals surface area contributed by atoms with E-state index in [1.54, 1.807) is 24.3 Å². The molecule has 0 aliphatic rings. The Morgan fingerprint density at radius 3 is 2.81 bits per heavy atom. The molecule has 0 aromatic heterocycles. The molecule has 1 rings (SSSR count). The molecule has 0 atom stereocenters. The number of nitrogens with zero attached hydrogens (tertiary/aromatic N) is 2. The van der Waals surface area contributed by atoms with E-state index >= 15 is 0 Å². The van der Waals surface area contributed by atoms with Gasteiger partial charge in [0.1, 0.15) is 0 Å². The number of likely N-dealkylation sites (N-methyl/N-ethyl adjacent to an activating group) is 1. The minimum atomic E-state index is -0.282. The van der Waals surface area contributed by atoms with Gasteiger partial charge in [0.2, 0.25) is 0 Å². The molecule has 82 valence electrons. The number of hydrogen-bond acceptors (Lipinski definition) is 3. The quantitative estimate of drug-likeness (QED) is 0.569. The van der Waals surface area contributed by atoms with Crippen LogP contribution in [0.3, 0.4) is 0 Å². The summed E-state index contributed by atoms with van der Waals surface area (Å²) in [6.45, 7) is 0. The fourth-order valence-electron chi connectivity index (χ4n) is 1.10. The van der Waals surface area contributed by atoms with E-state index in [1.165, 1.54) is 20.2 Å². The Kier molecular flexibility index (Phi) is 4.25. The molecule has 0 heterocycles. The van der Waals surface area contributed by atoms with Crippen molar-refractivity contribution in [2.75, 3.05) is 14.2 Å². The number of hydrogen-bond donors (Lipinski definition) is 0. The third kappa shape index (κ3) is 2.94. The number of carbonyl (C=O) groups is 1. The summed E-state index contributed by atoms with van der Waals surface area (Å²) in [5.41, 5.74) is 1.24. The molecule has 0 fully saturated rings. The molecule has 0 radical (unpaired) electrons. The second kappa shape index (κ2) is 5.69. The molecule has 16 heavy (non-hydrogen) atoms. The second-order valence-corrected chi connectivity index (χ2v) is 3.05. The fraction of sp³-hybridized carbons (Fsp3) is 0.167. The van der Waals surface area contributed by atoms with E-state index in [1.807, 2.05) is 6.07 Å². The van der Waals surface area contributed by atoms with Crippen LogP contribution in [0.4, 0.5) is 0 Å². The lowest BCUT2D eigenvalue weighted by Crippen LogP contribution is -2.22. The maximum atomic E-state index is 11.4. The molecule has 0 bridgehead atoms. The molecule has 1 amide bonds. The van der Waals surface area contributed by atoms with Crippen molar-refractivity contribution < 1.29 is 9.63 Å². The Hall–Kier alpha value is -2.12. The van der Waals surface area contributed by atoms with Gasteiger partial charge in [-0.1, -0.05) is 18.2 Å². The summed E-state index contributed by atoms with van der Waals surface area (Å²) < 4.78 is 0. The number of rotatable bonds is 3. The fourth-order valence-corrected chi connectivity index (χ4v) is 1.10. The molecule has 0 saturated carbocycles. The molecule has 0 saturated heterocycles. The average Bonchev–Trinajstić information content (AvgIpc) is 2.35. The van der Waals surface area contributed by atoms with E-state index in [-0.39, 0.29) is 5.91 Å². The maximum absolute atomic E-state index is 11.4. The first-order valence-electron chi connectivity index (χ1n) is 4.68. The lowest BCUT2D eigenvalue weighted by Gasteiger charge is -2.10. The molecule has 1 aromatic rings. The van der Waals surface area contributed by atoms with Crippen LogP contribution in [0.5, 0.6) is 0 Å². The van der Waals surface area contributed by atoms with Gasteiger partial charge in [0.15, 0.2) is 0 Å². The number of nitriles is 1. The smallest absolute Gasteiger partial charge is 0.269 e. The average molecular weight is 216 g/mol. The minimum absolute atomic E-state index is 0.282. The Morgan fingerprint density at radius 1 is 1.50 bits per heavy atom. The Bertz CT molecular complexity index is 447. The number of hydroxylamine groups is 2. The summed E-state index contributed by atoms with van der Waals surface area (Å²) in [5.74, 6) is -0.282. The first kappa shape index (κ1) is 12.0. The highest BCUT2D eigenvalue weighted by Gasteiger charge is 2.03. The lowest BCUT2D eigenvalue weighted by atomic mass is 10.1.